The van der Waals surface area contributed by atoms with Gasteiger partial charge in [-0.15, -0.1) is 0 Å². The molecule has 8 nitrogen and oxygen atoms in total. The molecular weight excluding hydrogens is 502 g/mol. The monoisotopic (exact) mass is 537 g/mol. The van der Waals surface area contributed by atoms with Gasteiger partial charge in [-0.2, -0.15) is 0 Å². The van der Waals surface area contributed by atoms with Crippen LogP contribution in [0.5, 0.6) is 5.75 Å². The smallest absolute Gasteiger partial charge is 0.242 e. The van der Waals surface area contributed by atoms with Gasteiger partial charge in [-0.3, -0.25) is 13.9 Å². The average molecular weight is 538 g/mol. The van der Waals surface area contributed by atoms with Gasteiger partial charge in [0.05, 0.1) is 19.1 Å². The van der Waals surface area contributed by atoms with E-state index in [1.165, 1.54) is 16.3 Å². The fraction of sp³-hybridized carbons (Fsp3) is 0.462. The van der Waals surface area contributed by atoms with Crippen LogP contribution in [0.1, 0.15) is 46.1 Å². The Bertz CT molecular complexity index is 1150. The number of benzene rings is 2. The van der Waals surface area contributed by atoms with E-state index in [4.69, 9.17) is 16.3 Å². The van der Waals surface area contributed by atoms with E-state index in [9.17, 15) is 18.0 Å². The highest BCUT2D eigenvalue weighted by molar-refractivity contribution is 7.92. The topological polar surface area (TPSA) is 96.0 Å². The molecule has 10 heteroatoms. The molecule has 0 fully saturated rings. The molecule has 0 aromatic heterocycles. The third-order valence-electron chi connectivity index (χ3n) is 5.48. The number of hydrogen-bond donors (Lipinski definition) is 1. The predicted molar refractivity (Wildman–Crippen MR) is 144 cm³/mol. The highest BCUT2D eigenvalue weighted by atomic mass is 35.5. The van der Waals surface area contributed by atoms with Gasteiger partial charge in [0.2, 0.25) is 21.8 Å². The van der Waals surface area contributed by atoms with Crippen molar-refractivity contribution >= 4 is 39.1 Å². The molecule has 2 aromatic rings. The quantitative estimate of drug-likeness (QED) is 0.463. The van der Waals surface area contributed by atoms with Crippen LogP contribution in [-0.2, 0) is 26.2 Å². The summed E-state index contributed by atoms with van der Waals surface area (Å²) in [6.07, 6.45) is 1.45. The molecule has 0 bridgehead atoms. The number of carbonyl (C=O) groups excluding carboxylic acids is 2. The number of hydrogen-bond acceptors (Lipinski definition) is 5. The summed E-state index contributed by atoms with van der Waals surface area (Å²) in [5.74, 6) is 0.0636. The van der Waals surface area contributed by atoms with Crippen LogP contribution in [-0.4, -0.2) is 56.6 Å². The summed E-state index contributed by atoms with van der Waals surface area (Å²) in [4.78, 5) is 27.7. The van der Waals surface area contributed by atoms with E-state index in [0.29, 0.717) is 16.5 Å². The summed E-state index contributed by atoms with van der Waals surface area (Å²) in [5, 5.41) is 3.42. The third-order valence-corrected chi connectivity index (χ3v) is 7.04. The molecule has 2 aromatic carbocycles. The minimum Gasteiger partial charge on any atom is -0.497 e. The van der Waals surface area contributed by atoms with Crippen LogP contribution in [0.4, 0.5) is 5.69 Å². The Morgan fingerprint density at radius 2 is 1.69 bits per heavy atom. The van der Waals surface area contributed by atoms with Crippen LogP contribution in [0.3, 0.4) is 0 Å². The van der Waals surface area contributed by atoms with Gasteiger partial charge in [-0.05, 0) is 70.0 Å². The summed E-state index contributed by atoms with van der Waals surface area (Å²) >= 11 is 6.33. The van der Waals surface area contributed by atoms with Gasteiger partial charge in [-0.1, -0.05) is 29.8 Å². The Morgan fingerprint density at radius 3 is 2.22 bits per heavy atom. The van der Waals surface area contributed by atoms with Crippen molar-refractivity contribution in [2.24, 2.45) is 0 Å². The molecule has 0 aliphatic carbocycles. The standard InChI is InChI=1S/C26H36ClN3O5S/c1-19(25(32)28-26(2,3)4)29(18-20-10-7-8-11-23(20)27)24(31)12-9-17-30(36(6,33)34)21-13-15-22(35-5)16-14-21/h7-8,10-11,13-16,19H,9,12,17-18H2,1-6H3,(H,28,32)/t19-/m1/s1. The summed E-state index contributed by atoms with van der Waals surface area (Å²) in [5.41, 5.74) is 0.745. The normalized spacial score (nSPS) is 12.5. The molecule has 2 amide bonds. The molecule has 0 aliphatic rings. The SMILES string of the molecule is COc1ccc(N(CCCC(=O)N(Cc2ccccc2Cl)[C@H](C)C(=O)NC(C)(C)C)S(C)(=O)=O)cc1. The second-order valence-corrected chi connectivity index (χ2v) is 12.0. The van der Waals surface area contributed by atoms with Gasteiger partial charge >= 0.3 is 0 Å². The summed E-state index contributed by atoms with van der Waals surface area (Å²) in [6, 6.07) is 13.1. The number of methoxy groups -OCH3 is 1. The number of rotatable bonds is 11. The lowest BCUT2D eigenvalue weighted by atomic mass is 10.1. The molecule has 0 radical (unpaired) electrons. The first-order chi connectivity index (χ1) is 16.7. The Hall–Kier alpha value is -2.78. The first-order valence-corrected chi connectivity index (χ1v) is 13.9. The van der Waals surface area contributed by atoms with Crippen molar-refractivity contribution in [1.29, 1.82) is 0 Å². The van der Waals surface area contributed by atoms with Crippen molar-refractivity contribution < 1.29 is 22.7 Å². The highest BCUT2D eigenvalue weighted by Crippen LogP contribution is 2.23. The highest BCUT2D eigenvalue weighted by Gasteiger charge is 2.29. The van der Waals surface area contributed by atoms with Crippen molar-refractivity contribution in [1.82, 2.24) is 10.2 Å². The van der Waals surface area contributed by atoms with E-state index in [1.807, 2.05) is 32.9 Å². The Labute approximate surface area is 219 Å². The lowest BCUT2D eigenvalue weighted by Gasteiger charge is -2.32. The first-order valence-electron chi connectivity index (χ1n) is 11.7. The number of ether oxygens (including phenoxy) is 1. The lowest BCUT2D eigenvalue weighted by molar-refractivity contribution is -0.141. The molecule has 0 aliphatic heterocycles. The zero-order valence-corrected chi connectivity index (χ0v) is 23.3. The maximum Gasteiger partial charge on any atom is 0.242 e. The molecule has 0 saturated carbocycles. The number of nitrogens with one attached hydrogen (secondary N) is 1. The van der Waals surface area contributed by atoms with Crippen molar-refractivity contribution in [3.05, 3.63) is 59.1 Å². The second-order valence-electron chi connectivity index (χ2n) is 9.66. The zero-order valence-electron chi connectivity index (χ0n) is 21.7. The van der Waals surface area contributed by atoms with Crippen molar-refractivity contribution in [2.75, 3.05) is 24.2 Å². The molecule has 36 heavy (non-hydrogen) atoms. The molecule has 198 valence electrons. The average Bonchev–Trinajstić information content (AvgIpc) is 2.79. The number of nitrogens with zero attached hydrogens (tertiary/aromatic N) is 2. The van der Waals surface area contributed by atoms with E-state index >= 15 is 0 Å². The van der Waals surface area contributed by atoms with E-state index in [0.717, 1.165) is 11.8 Å². The molecule has 1 N–H and O–H groups in total. The van der Waals surface area contributed by atoms with Gasteiger partial charge in [-0.25, -0.2) is 8.42 Å². The Kier molecular flexibility index (Phi) is 10.2. The van der Waals surface area contributed by atoms with Crippen molar-refractivity contribution in [3.63, 3.8) is 0 Å². The van der Waals surface area contributed by atoms with Crippen molar-refractivity contribution in [2.45, 2.75) is 58.7 Å². The third kappa shape index (κ3) is 8.71. The number of carbonyl (C=O) groups is 2. The fourth-order valence-electron chi connectivity index (χ4n) is 3.62. The molecule has 1 atom stereocenters. The molecule has 2 rings (SSSR count). The largest absolute Gasteiger partial charge is 0.497 e. The predicted octanol–water partition coefficient (Wildman–Crippen LogP) is 4.23. The van der Waals surface area contributed by atoms with Gasteiger partial charge in [0.25, 0.3) is 0 Å². The Balaban J connectivity index is 2.19. The number of halogens is 1. The van der Waals surface area contributed by atoms with Gasteiger partial charge in [0.15, 0.2) is 0 Å². The maximum atomic E-state index is 13.3. The Morgan fingerprint density at radius 1 is 1.08 bits per heavy atom. The summed E-state index contributed by atoms with van der Waals surface area (Å²) in [7, 11) is -2.04. The van der Waals surface area contributed by atoms with Crippen LogP contribution < -0.4 is 14.4 Å². The maximum absolute atomic E-state index is 13.3. The van der Waals surface area contributed by atoms with Gasteiger partial charge < -0.3 is 15.0 Å². The molecule has 0 unspecified atom stereocenters. The lowest BCUT2D eigenvalue weighted by Crippen LogP contribution is -2.52. The minimum absolute atomic E-state index is 0.0553. The van der Waals surface area contributed by atoms with Crippen LogP contribution in [0.2, 0.25) is 5.02 Å². The van der Waals surface area contributed by atoms with Gasteiger partial charge in [0, 0.05) is 30.1 Å². The molecular formula is C26H36ClN3O5S. The summed E-state index contributed by atoms with van der Waals surface area (Å²) in [6.45, 7) is 7.56. The van der Waals surface area contributed by atoms with E-state index in [1.54, 1.807) is 43.3 Å². The van der Waals surface area contributed by atoms with Crippen LogP contribution in [0.15, 0.2) is 48.5 Å². The van der Waals surface area contributed by atoms with E-state index < -0.39 is 21.6 Å². The molecule has 0 saturated heterocycles. The first kappa shape index (κ1) is 29.5. The molecule has 0 spiro atoms. The zero-order chi connectivity index (χ0) is 27.1. The fourth-order valence-corrected chi connectivity index (χ4v) is 4.78. The van der Waals surface area contributed by atoms with Gasteiger partial charge in [0.1, 0.15) is 11.8 Å². The molecule has 0 heterocycles. The van der Waals surface area contributed by atoms with Crippen LogP contribution in [0.25, 0.3) is 0 Å². The van der Waals surface area contributed by atoms with E-state index in [-0.39, 0.29) is 37.7 Å². The number of anilines is 1. The minimum atomic E-state index is -3.57. The number of amides is 2. The number of sulfonamides is 1. The van der Waals surface area contributed by atoms with Crippen LogP contribution in [0, 0.1) is 0 Å². The second kappa shape index (κ2) is 12.5. The van der Waals surface area contributed by atoms with Crippen LogP contribution >= 0.6 is 11.6 Å². The van der Waals surface area contributed by atoms with Crippen molar-refractivity contribution in [3.8, 4) is 5.75 Å². The van der Waals surface area contributed by atoms with E-state index in [2.05, 4.69) is 5.32 Å². The summed E-state index contributed by atoms with van der Waals surface area (Å²) < 4.78 is 31.3.